The minimum absolute atomic E-state index is 0.112. The van der Waals surface area contributed by atoms with E-state index in [1.54, 1.807) is 0 Å². The Bertz CT molecular complexity index is 197. The van der Waals surface area contributed by atoms with Crippen molar-refractivity contribution in [2.45, 2.75) is 71.0 Å². The molecular weight excluding hydrogens is 204 g/mol. The molecule has 0 aliphatic heterocycles. The monoisotopic (exact) mass is 228 g/mol. The molecule has 94 valence electrons. The lowest BCUT2D eigenvalue weighted by atomic mass is 10.2. The van der Waals surface area contributed by atoms with Gasteiger partial charge < -0.3 is 9.47 Å². The number of carbonyl (C=O) groups is 1. The van der Waals surface area contributed by atoms with Crippen LogP contribution in [0.1, 0.15) is 58.8 Å². The fourth-order valence-corrected chi connectivity index (χ4v) is 2.01. The molecule has 1 atom stereocenters. The zero-order valence-electron chi connectivity index (χ0n) is 10.5. The van der Waals surface area contributed by atoms with Crippen molar-refractivity contribution in [3.8, 4) is 0 Å². The summed E-state index contributed by atoms with van der Waals surface area (Å²) in [6.07, 6.45) is 8.08. The Morgan fingerprint density at radius 1 is 1.38 bits per heavy atom. The van der Waals surface area contributed by atoms with E-state index in [4.69, 9.17) is 9.47 Å². The number of ether oxygens (including phenoxy) is 2. The van der Waals surface area contributed by atoms with Crippen LogP contribution >= 0.6 is 0 Å². The summed E-state index contributed by atoms with van der Waals surface area (Å²) in [5.41, 5.74) is 0. The van der Waals surface area contributed by atoms with E-state index < -0.39 is 0 Å². The highest BCUT2D eigenvalue weighted by atomic mass is 16.6. The fraction of sp³-hybridized carbons (Fsp3) is 0.923. The molecule has 3 nitrogen and oxygen atoms in total. The molecule has 0 aromatic rings. The summed E-state index contributed by atoms with van der Waals surface area (Å²) >= 11 is 0. The molecule has 1 unspecified atom stereocenters. The minimum atomic E-state index is -0.199. The Morgan fingerprint density at radius 3 is 2.69 bits per heavy atom. The first-order chi connectivity index (χ1) is 7.72. The van der Waals surface area contributed by atoms with E-state index >= 15 is 0 Å². The second kappa shape index (κ2) is 7.66. The van der Waals surface area contributed by atoms with Gasteiger partial charge in [0.2, 0.25) is 0 Å². The number of esters is 1. The lowest BCUT2D eigenvalue weighted by Gasteiger charge is -2.14. The van der Waals surface area contributed by atoms with E-state index in [0.29, 0.717) is 0 Å². The quantitative estimate of drug-likeness (QED) is 0.628. The Labute approximate surface area is 98.5 Å². The van der Waals surface area contributed by atoms with Gasteiger partial charge in [-0.05, 0) is 39.0 Å². The molecule has 1 aliphatic carbocycles. The van der Waals surface area contributed by atoms with Gasteiger partial charge in [-0.15, -0.1) is 0 Å². The second-order valence-corrected chi connectivity index (χ2v) is 4.66. The van der Waals surface area contributed by atoms with Gasteiger partial charge in [-0.1, -0.05) is 19.8 Å². The van der Waals surface area contributed by atoms with Crippen LogP contribution in [0, 0.1) is 0 Å². The maximum atomic E-state index is 11.4. The normalized spacial score (nSPS) is 18.6. The van der Waals surface area contributed by atoms with Gasteiger partial charge in [0.25, 0.3) is 0 Å². The van der Waals surface area contributed by atoms with Crippen LogP contribution in [-0.2, 0) is 14.3 Å². The zero-order chi connectivity index (χ0) is 11.8. The van der Waals surface area contributed by atoms with Gasteiger partial charge in [0.1, 0.15) is 12.7 Å². The van der Waals surface area contributed by atoms with Crippen LogP contribution in [0.3, 0.4) is 0 Å². The molecule has 1 saturated carbocycles. The lowest BCUT2D eigenvalue weighted by Crippen LogP contribution is -2.22. The van der Waals surface area contributed by atoms with Crippen molar-refractivity contribution >= 4 is 5.97 Å². The van der Waals surface area contributed by atoms with Gasteiger partial charge in [-0.3, -0.25) is 0 Å². The summed E-state index contributed by atoms with van der Waals surface area (Å²) in [6.45, 7) is 4.28. The SMILES string of the molecule is CCCCC(C)OCC(=O)OC1CCCC1. The van der Waals surface area contributed by atoms with Crippen molar-refractivity contribution in [2.75, 3.05) is 6.61 Å². The molecule has 0 aromatic carbocycles. The number of unbranched alkanes of at least 4 members (excludes halogenated alkanes) is 1. The number of carbonyl (C=O) groups excluding carboxylic acids is 1. The standard InChI is InChI=1S/C13H24O3/c1-3-4-7-11(2)15-10-13(14)16-12-8-5-6-9-12/h11-12H,3-10H2,1-2H3. The molecule has 0 amide bonds. The number of hydrogen-bond donors (Lipinski definition) is 0. The van der Waals surface area contributed by atoms with Gasteiger partial charge in [0.15, 0.2) is 0 Å². The molecular formula is C13H24O3. The third-order valence-electron chi connectivity index (χ3n) is 3.05. The van der Waals surface area contributed by atoms with E-state index in [2.05, 4.69) is 6.92 Å². The van der Waals surface area contributed by atoms with Crippen LogP contribution in [0.15, 0.2) is 0 Å². The fourth-order valence-electron chi connectivity index (χ4n) is 2.01. The van der Waals surface area contributed by atoms with E-state index in [1.807, 2.05) is 6.92 Å². The van der Waals surface area contributed by atoms with E-state index in [0.717, 1.165) is 25.7 Å². The van der Waals surface area contributed by atoms with E-state index in [-0.39, 0.29) is 24.8 Å². The Hall–Kier alpha value is -0.570. The van der Waals surface area contributed by atoms with Crippen LogP contribution in [0.4, 0.5) is 0 Å². The topological polar surface area (TPSA) is 35.5 Å². The Balaban J connectivity index is 2.04. The van der Waals surface area contributed by atoms with Gasteiger partial charge in [-0.25, -0.2) is 4.79 Å². The van der Waals surface area contributed by atoms with Crippen molar-refractivity contribution < 1.29 is 14.3 Å². The summed E-state index contributed by atoms with van der Waals surface area (Å²) in [5.74, 6) is -0.199. The maximum absolute atomic E-state index is 11.4. The minimum Gasteiger partial charge on any atom is -0.461 e. The first-order valence-corrected chi connectivity index (χ1v) is 6.53. The molecule has 0 radical (unpaired) electrons. The van der Waals surface area contributed by atoms with Gasteiger partial charge in [0, 0.05) is 0 Å². The molecule has 1 rings (SSSR count). The smallest absolute Gasteiger partial charge is 0.332 e. The highest BCUT2D eigenvalue weighted by molar-refractivity contribution is 5.70. The summed E-state index contributed by atoms with van der Waals surface area (Å²) in [6, 6.07) is 0. The highest BCUT2D eigenvalue weighted by Crippen LogP contribution is 2.20. The molecule has 0 heterocycles. The van der Waals surface area contributed by atoms with Crippen molar-refractivity contribution in [3.63, 3.8) is 0 Å². The summed E-state index contributed by atoms with van der Waals surface area (Å²) in [4.78, 5) is 11.4. The maximum Gasteiger partial charge on any atom is 0.332 e. The molecule has 0 bridgehead atoms. The average Bonchev–Trinajstić information content (AvgIpc) is 2.76. The van der Waals surface area contributed by atoms with Crippen molar-refractivity contribution in [1.82, 2.24) is 0 Å². The molecule has 0 N–H and O–H groups in total. The van der Waals surface area contributed by atoms with E-state index in [1.165, 1.54) is 19.3 Å². The van der Waals surface area contributed by atoms with Gasteiger partial charge in [-0.2, -0.15) is 0 Å². The molecule has 16 heavy (non-hydrogen) atoms. The van der Waals surface area contributed by atoms with Crippen LogP contribution in [0.25, 0.3) is 0 Å². The molecule has 3 heteroatoms. The molecule has 1 aliphatic rings. The molecule has 1 fully saturated rings. The van der Waals surface area contributed by atoms with Gasteiger partial charge >= 0.3 is 5.97 Å². The summed E-state index contributed by atoms with van der Waals surface area (Å²) < 4.78 is 10.7. The first kappa shape index (κ1) is 13.5. The van der Waals surface area contributed by atoms with Gasteiger partial charge in [0.05, 0.1) is 6.10 Å². The molecule has 0 aromatic heterocycles. The predicted octanol–water partition coefficient (Wildman–Crippen LogP) is 3.07. The van der Waals surface area contributed by atoms with Crippen molar-refractivity contribution in [1.29, 1.82) is 0 Å². The molecule has 0 spiro atoms. The first-order valence-electron chi connectivity index (χ1n) is 6.53. The van der Waals surface area contributed by atoms with Crippen LogP contribution in [0.2, 0.25) is 0 Å². The van der Waals surface area contributed by atoms with Crippen LogP contribution < -0.4 is 0 Å². The summed E-state index contributed by atoms with van der Waals surface area (Å²) in [5, 5.41) is 0. The predicted molar refractivity (Wildman–Crippen MR) is 63.3 cm³/mol. The Kier molecular flexibility index (Phi) is 6.46. The summed E-state index contributed by atoms with van der Waals surface area (Å²) in [7, 11) is 0. The van der Waals surface area contributed by atoms with Crippen LogP contribution in [-0.4, -0.2) is 24.8 Å². The zero-order valence-corrected chi connectivity index (χ0v) is 10.5. The third kappa shape index (κ3) is 5.50. The van der Waals surface area contributed by atoms with Crippen molar-refractivity contribution in [2.24, 2.45) is 0 Å². The van der Waals surface area contributed by atoms with Crippen LogP contribution in [0.5, 0.6) is 0 Å². The third-order valence-corrected chi connectivity index (χ3v) is 3.05. The highest BCUT2D eigenvalue weighted by Gasteiger charge is 2.19. The van der Waals surface area contributed by atoms with Crippen molar-refractivity contribution in [3.05, 3.63) is 0 Å². The number of hydrogen-bond acceptors (Lipinski definition) is 3. The Morgan fingerprint density at radius 2 is 2.06 bits per heavy atom. The number of rotatable bonds is 7. The van der Waals surface area contributed by atoms with E-state index in [9.17, 15) is 4.79 Å². The second-order valence-electron chi connectivity index (χ2n) is 4.66. The largest absolute Gasteiger partial charge is 0.461 e. The average molecular weight is 228 g/mol. The molecule has 0 saturated heterocycles. The lowest BCUT2D eigenvalue weighted by molar-refractivity contribution is -0.156.